The molecule has 2 atom stereocenters. The number of imidazole rings is 1. The minimum absolute atomic E-state index is 0.000857. The first-order valence-electron chi connectivity index (χ1n) is 29.3. The molecule has 0 aliphatic heterocycles. The van der Waals surface area contributed by atoms with Crippen LogP contribution in [0.2, 0.25) is 0 Å². The Morgan fingerprint density at radius 1 is 0.486 bits per heavy atom. The second-order valence-electron chi connectivity index (χ2n) is 22.4. The van der Waals surface area contributed by atoms with Gasteiger partial charge in [0.2, 0.25) is 0 Å². The summed E-state index contributed by atoms with van der Waals surface area (Å²) in [5.41, 5.74) is 7.39. The smallest absolute Gasteiger partial charge is 0.145 e. The average molecular weight is 990 g/mol. The third-order valence-electron chi connectivity index (χ3n) is 15.7. The van der Waals surface area contributed by atoms with E-state index >= 15 is 0 Å². The van der Waals surface area contributed by atoms with E-state index < -0.39 is 0 Å². The predicted octanol–water partition coefficient (Wildman–Crippen LogP) is 21.7. The molecule has 0 bridgehead atoms. The van der Waals surface area contributed by atoms with Crippen LogP contribution < -0.4 is 4.74 Å². The van der Waals surface area contributed by atoms with Gasteiger partial charge >= 0.3 is 0 Å². The largest absolute Gasteiger partial charge is 0.493 e. The van der Waals surface area contributed by atoms with Gasteiger partial charge in [0.15, 0.2) is 0 Å². The number of nitrogens with zero attached hydrogens (tertiary/aromatic N) is 2. The van der Waals surface area contributed by atoms with Crippen LogP contribution in [0.3, 0.4) is 0 Å². The van der Waals surface area contributed by atoms with E-state index in [-0.39, 0.29) is 5.41 Å². The lowest BCUT2D eigenvalue weighted by atomic mass is 9.85. The third kappa shape index (κ3) is 15.6. The van der Waals surface area contributed by atoms with Crippen molar-refractivity contribution < 1.29 is 4.74 Å². The van der Waals surface area contributed by atoms with Gasteiger partial charge < -0.3 is 9.30 Å². The minimum atomic E-state index is -0.000857. The Hall–Kier alpha value is -4.28. The van der Waals surface area contributed by atoms with Gasteiger partial charge in [-0.3, -0.25) is 0 Å². The summed E-state index contributed by atoms with van der Waals surface area (Å²) in [7, 11) is 0. The van der Waals surface area contributed by atoms with Crippen LogP contribution >= 0.6 is 12.6 Å². The number of fused-ring (bicyclic) bond motifs is 7. The van der Waals surface area contributed by atoms with Crippen molar-refractivity contribution in [3.05, 3.63) is 109 Å². The molecule has 3 nitrogen and oxygen atoms in total. The maximum absolute atomic E-state index is 7.34. The quantitative estimate of drug-likeness (QED) is 0.0267. The number of rotatable bonds is 31. The van der Waals surface area contributed by atoms with Crippen molar-refractivity contribution >= 4 is 56.0 Å². The highest BCUT2D eigenvalue weighted by atomic mass is 32.1. The summed E-state index contributed by atoms with van der Waals surface area (Å²) in [5, 5.41) is 7.61. The Labute approximate surface area is 444 Å². The summed E-state index contributed by atoms with van der Waals surface area (Å²) < 4.78 is 10.1. The lowest BCUT2D eigenvalue weighted by Crippen LogP contribution is -2.15. The SMILES string of the molecule is CCCCCCCCC(CCCCCC)COc1ccc2ccccc2c1-c1nc2c3cc(-c4ccccc4)ccc3c3ccc(C(C)(C)C)cc3c2n1CC(CCCCCC)CCCCCCCC.CS. The Morgan fingerprint density at radius 3 is 1.62 bits per heavy atom. The fraction of sp³-hybridized carbons (Fsp3) is 0.544. The predicted molar refractivity (Wildman–Crippen MR) is 323 cm³/mol. The monoisotopic (exact) mass is 989 g/mol. The lowest BCUT2D eigenvalue weighted by Gasteiger charge is -2.24. The second kappa shape index (κ2) is 30.2. The zero-order valence-corrected chi connectivity index (χ0v) is 47.5. The van der Waals surface area contributed by atoms with E-state index in [2.05, 4.69) is 169 Å². The number of hydrogen-bond donors (Lipinski definition) is 1. The molecule has 6 aromatic carbocycles. The molecule has 0 aliphatic carbocycles. The number of hydrogen-bond acceptors (Lipinski definition) is 3. The molecular weight excluding hydrogens is 893 g/mol. The van der Waals surface area contributed by atoms with Crippen molar-refractivity contribution in [1.82, 2.24) is 9.55 Å². The normalized spacial score (nSPS) is 12.7. The Morgan fingerprint density at radius 2 is 1.01 bits per heavy atom. The lowest BCUT2D eigenvalue weighted by molar-refractivity contribution is 0.225. The van der Waals surface area contributed by atoms with Crippen molar-refractivity contribution in [2.45, 2.75) is 215 Å². The average Bonchev–Trinajstić information content (AvgIpc) is 3.78. The van der Waals surface area contributed by atoms with Gasteiger partial charge in [-0.1, -0.05) is 262 Å². The van der Waals surface area contributed by atoms with Crippen molar-refractivity contribution in [3.8, 4) is 28.3 Å². The molecule has 1 heterocycles. The molecular formula is C68H96N2OS. The molecule has 2 unspecified atom stereocenters. The van der Waals surface area contributed by atoms with Crippen LogP contribution in [0.1, 0.15) is 208 Å². The van der Waals surface area contributed by atoms with Gasteiger partial charge in [-0.05, 0) is 106 Å². The molecule has 0 fully saturated rings. The fourth-order valence-electron chi connectivity index (χ4n) is 11.4. The van der Waals surface area contributed by atoms with Gasteiger partial charge in [-0.25, -0.2) is 4.98 Å². The van der Waals surface area contributed by atoms with Crippen molar-refractivity contribution in [3.63, 3.8) is 0 Å². The highest BCUT2D eigenvalue weighted by Gasteiger charge is 2.27. The van der Waals surface area contributed by atoms with Crippen LogP contribution in [-0.4, -0.2) is 22.4 Å². The van der Waals surface area contributed by atoms with Gasteiger partial charge in [0.25, 0.3) is 0 Å². The van der Waals surface area contributed by atoms with E-state index in [1.807, 2.05) is 0 Å². The van der Waals surface area contributed by atoms with Crippen LogP contribution in [0.4, 0.5) is 0 Å². The Kier molecular flexibility index (Phi) is 23.9. The number of thiol groups is 1. The molecule has 0 spiro atoms. The summed E-state index contributed by atoms with van der Waals surface area (Å²) in [4.78, 5) is 6.06. The summed E-state index contributed by atoms with van der Waals surface area (Å²) in [6, 6.07) is 39.0. The number of benzene rings is 6. The molecule has 390 valence electrons. The molecule has 0 aliphatic rings. The van der Waals surface area contributed by atoms with Gasteiger partial charge in [0, 0.05) is 17.3 Å². The zero-order valence-electron chi connectivity index (χ0n) is 46.6. The molecule has 0 amide bonds. The van der Waals surface area contributed by atoms with E-state index in [0.717, 1.165) is 35.8 Å². The van der Waals surface area contributed by atoms with E-state index in [1.165, 1.54) is 209 Å². The van der Waals surface area contributed by atoms with Crippen molar-refractivity contribution in [1.29, 1.82) is 0 Å². The summed E-state index contributed by atoms with van der Waals surface area (Å²) >= 11 is 3.53. The summed E-state index contributed by atoms with van der Waals surface area (Å²) in [6.07, 6.45) is 33.0. The fourth-order valence-corrected chi connectivity index (χ4v) is 11.4. The van der Waals surface area contributed by atoms with E-state index in [0.29, 0.717) is 11.8 Å². The van der Waals surface area contributed by atoms with Crippen LogP contribution in [0, 0.1) is 11.8 Å². The van der Waals surface area contributed by atoms with Crippen molar-refractivity contribution in [2.75, 3.05) is 12.9 Å². The number of unbranched alkanes of at least 4 members (excludes halogenated alkanes) is 16. The third-order valence-corrected chi connectivity index (χ3v) is 15.7. The van der Waals surface area contributed by atoms with E-state index in [9.17, 15) is 0 Å². The summed E-state index contributed by atoms with van der Waals surface area (Å²) in [6.45, 7) is 18.1. The zero-order chi connectivity index (χ0) is 51.1. The molecule has 0 saturated carbocycles. The maximum Gasteiger partial charge on any atom is 0.145 e. The minimum Gasteiger partial charge on any atom is -0.493 e. The Bertz CT molecular complexity index is 2650. The molecule has 7 aromatic rings. The molecule has 0 N–H and O–H groups in total. The van der Waals surface area contributed by atoms with Gasteiger partial charge in [0.05, 0.1) is 23.2 Å². The van der Waals surface area contributed by atoms with Crippen LogP contribution in [0.5, 0.6) is 5.75 Å². The van der Waals surface area contributed by atoms with Gasteiger partial charge in [0.1, 0.15) is 11.6 Å². The standard InChI is InChI=1S/C67H92N2O.CH4S/c1-8-12-16-20-22-27-34-51(33-25-18-14-10-3)49-69-65-61-48-56(67(5,6)7)43-45-59(61)58-44-41-55(53-37-29-24-30-38-53)47-60(58)64(65)68-66(69)63-57-40-32-31-39-54(57)42-46-62(63)70-50-52(35-26-19-15-11-4)36-28-23-21-17-13-9-2;1-2/h24,29-32,37-48,51-52H,8-23,25-28,33-36,49-50H2,1-7H3;2H,1H3. The van der Waals surface area contributed by atoms with Crippen molar-refractivity contribution in [2.24, 2.45) is 11.8 Å². The first-order valence-corrected chi connectivity index (χ1v) is 30.2. The molecule has 72 heavy (non-hydrogen) atoms. The van der Waals surface area contributed by atoms with Gasteiger partial charge in [-0.15, -0.1) is 0 Å². The van der Waals surface area contributed by atoms with Crippen LogP contribution in [0.25, 0.3) is 65.9 Å². The number of ether oxygens (including phenoxy) is 1. The Balaban J connectivity index is 0.00000418. The maximum atomic E-state index is 7.34. The number of aromatic nitrogens is 2. The molecule has 4 heteroatoms. The van der Waals surface area contributed by atoms with Crippen LogP contribution in [0.15, 0.2) is 103 Å². The molecule has 0 radical (unpaired) electrons. The highest BCUT2D eigenvalue weighted by Crippen LogP contribution is 2.45. The topological polar surface area (TPSA) is 27.1 Å². The molecule has 0 saturated heterocycles. The van der Waals surface area contributed by atoms with Gasteiger partial charge in [-0.2, -0.15) is 12.6 Å². The second-order valence-corrected chi connectivity index (χ2v) is 22.4. The molecule has 1 aromatic heterocycles. The van der Waals surface area contributed by atoms with E-state index in [1.54, 1.807) is 6.26 Å². The first kappa shape index (κ1) is 57.0. The van der Waals surface area contributed by atoms with Crippen LogP contribution in [-0.2, 0) is 12.0 Å². The summed E-state index contributed by atoms with van der Waals surface area (Å²) in [5.74, 6) is 3.15. The highest BCUT2D eigenvalue weighted by molar-refractivity contribution is 7.79. The molecule has 7 rings (SSSR count). The van der Waals surface area contributed by atoms with E-state index in [4.69, 9.17) is 9.72 Å². The first-order chi connectivity index (χ1) is 35.2.